The summed E-state index contributed by atoms with van der Waals surface area (Å²) in [6.07, 6.45) is -1.29. The summed E-state index contributed by atoms with van der Waals surface area (Å²) < 4.78 is 37.6. The number of aromatic nitrogens is 5. The van der Waals surface area contributed by atoms with E-state index in [-0.39, 0.29) is 12.2 Å². The van der Waals surface area contributed by atoms with Crippen molar-refractivity contribution in [2.24, 2.45) is 5.84 Å². The van der Waals surface area contributed by atoms with Crippen molar-refractivity contribution in [1.82, 2.24) is 30.4 Å². The molecule has 0 aliphatic carbocycles. The first-order valence-electron chi connectivity index (χ1n) is 8.01. The number of H-pyrrole nitrogens is 1. The second kappa shape index (κ2) is 6.53. The summed E-state index contributed by atoms with van der Waals surface area (Å²) >= 11 is 0. The maximum Gasteiger partial charge on any atom is 0.435 e. The van der Waals surface area contributed by atoms with Gasteiger partial charge in [-0.15, -0.1) is 5.10 Å². The molecule has 3 heterocycles. The van der Waals surface area contributed by atoms with E-state index in [1.165, 1.54) is 0 Å². The predicted molar refractivity (Wildman–Crippen MR) is 92.5 cm³/mol. The van der Waals surface area contributed by atoms with Crippen LogP contribution in [0.25, 0.3) is 21.8 Å². The first-order valence-corrected chi connectivity index (χ1v) is 8.01. The van der Waals surface area contributed by atoms with Gasteiger partial charge < -0.3 is 0 Å². The van der Waals surface area contributed by atoms with E-state index >= 15 is 0 Å². The lowest BCUT2D eigenvalue weighted by molar-refractivity contribution is -0.141. The van der Waals surface area contributed by atoms with E-state index < -0.39 is 17.8 Å². The number of nitrogens with two attached hydrogens (primary N) is 1. The lowest BCUT2D eigenvalue weighted by atomic mass is 10.1. The Kier molecular flexibility index (Phi) is 4.15. The second-order valence-electron chi connectivity index (χ2n) is 6.03. The number of nitrogens with one attached hydrogen (secondary N) is 1. The van der Waals surface area contributed by atoms with Crippen molar-refractivity contribution in [3.8, 4) is 0 Å². The second-order valence-corrected chi connectivity index (χ2v) is 6.03. The molecule has 0 bridgehead atoms. The molecule has 0 fully saturated rings. The molecule has 4 aromatic rings. The van der Waals surface area contributed by atoms with Gasteiger partial charge >= 0.3 is 6.18 Å². The highest BCUT2D eigenvalue weighted by molar-refractivity contribution is 6.06. The minimum absolute atomic E-state index is 0.127. The molecule has 0 aliphatic heterocycles. The highest BCUT2D eigenvalue weighted by Crippen LogP contribution is 2.27. The van der Waals surface area contributed by atoms with Crippen LogP contribution < -0.4 is 5.84 Å². The van der Waals surface area contributed by atoms with Crippen molar-refractivity contribution in [3.05, 3.63) is 59.7 Å². The standard InChI is InChI=1S/C17H12F3N7O/c18-17(19,20)14-4-2-11(24-25-14)8-27(21)16(28)9-1-3-13-12(5-9)15-10(6-22-13)7-23-26-15/h1-7H,8,21H2,(H,23,26). The van der Waals surface area contributed by atoms with E-state index in [2.05, 4.69) is 25.4 Å². The molecule has 3 N–H and O–H groups in total. The van der Waals surface area contributed by atoms with Crippen LogP contribution in [0.3, 0.4) is 0 Å². The average molecular weight is 387 g/mol. The Morgan fingerprint density at radius 2 is 1.96 bits per heavy atom. The Morgan fingerprint density at radius 1 is 1.14 bits per heavy atom. The summed E-state index contributed by atoms with van der Waals surface area (Å²) in [4.78, 5) is 16.9. The summed E-state index contributed by atoms with van der Waals surface area (Å²) in [7, 11) is 0. The maximum atomic E-state index is 12.6. The molecule has 0 unspecified atom stereocenters. The number of rotatable bonds is 3. The van der Waals surface area contributed by atoms with Crippen LogP contribution in [-0.4, -0.2) is 36.3 Å². The fourth-order valence-corrected chi connectivity index (χ4v) is 2.74. The van der Waals surface area contributed by atoms with Gasteiger partial charge in [-0.05, 0) is 30.3 Å². The number of nitrogens with zero attached hydrogens (tertiary/aromatic N) is 5. The average Bonchev–Trinajstić information content (AvgIpc) is 3.16. The van der Waals surface area contributed by atoms with Gasteiger partial charge in [0, 0.05) is 22.5 Å². The van der Waals surface area contributed by atoms with Gasteiger partial charge in [0.05, 0.1) is 29.5 Å². The number of fused-ring (bicyclic) bond motifs is 3. The molecule has 1 amide bonds. The number of carbonyl (C=O) groups excluding carboxylic acids is 1. The first kappa shape index (κ1) is 17.8. The van der Waals surface area contributed by atoms with Crippen LogP contribution in [0.15, 0.2) is 42.7 Å². The Morgan fingerprint density at radius 3 is 2.68 bits per heavy atom. The minimum atomic E-state index is -4.58. The number of hydrogen-bond donors (Lipinski definition) is 2. The van der Waals surface area contributed by atoms with Crippen LogP contribution in [0.4, 0.5) is 13.2 Å². The summed E-state index contributed by atoms with van der Waals surface area (Å²) in [5.41, 5.74) is 0.708. The van der Waals surface area contributed by atoms with E-state index in [4.69, 9.17) is 5.84 Å². The van der Waals surface area contributed by atoms with Crippen LogP contribution in [0.5, 0.6) is 0 Å². The van der Waals surface area contributed by atoms with Gasteiger partial charge in [-0.2, -0.15) is 23.4 Å². The molecule has 1 aromatic carbocycles. The molecule has 0 saturated carbocycles. The molecular weight excluding hydrogens is 375 g/mol. The molecule has 11 heteroatoms. The van der Waals surface area contributed by atoms with Gasteiger partial charge in [-0.3, -0.25) is 19.9 Å². The highest BCUT2D eigenvalue weighted by Gasteiger charge is 2.32. The number of benzene rings is 1. The zero-order valence-corrected chi connectivity index (χ0v) is 14.1. The number of amides is 1. The fourth-order valence-electron chi connectivity index (χ4n) is 2.74. The van der Waals surface area contributed by atoms with Crippen LogP contribution in [0.1, 0.15) is 21.7 Å². The molecule has 4 rings (SSSR count). The summed E-state index contributed by atoms with van der Waals surface area (Å²) in [6, 6.07) is 6.79. The van der Waals surface area contributed by atoms with Crippen molar-refractivity contribution < 1.29 is 18.0 Å². The fraction of sp³-hybridized carbons (Fsp3) is 0.118. The molecule has 0 atom stereocenters. The topological polar surface area (TPSA) is 114 Å². The molecule has 0 aliphatic rings. The van der Waals surface area contributed by atoms with Crippen molar-refractivity contribution in [1.29, 1.82) is 0 Å². The molecular formula is C17H12F3N7O. The number of alkyl halides is 3. The summed E-state index contributed by atoms with van der Waals surface area (Å²) in [5, 5.41) is 15.8. The Bertz CT molecular complexity index is 1170. The molecule has 28 heavy (non-hydrogen) atoms. The SMILES string of the molecule is NN(Cc1ccc(C(F)(F)F)nn1)C(=O)c1ccc2ncc3cn[nH]c3c2c1. The lowest BCUT2D eigenvalue weighted by Gasteiger charge is -2.16. The normalized spacial score (nSPS) is 11.9. The number of hydrazine groups is 1. The third kappa shape index (κ3) is 3.22. The van der Waals surface area contributed by atoms with Crippen LogP contribution in [0.2, 0.25) is 0 Å². The number of pyridine rings is 1. The van der Waals surface area contributed by atoms with Gasteiger partial charge in [0.1, 0.15) is 0 Å². The number of halogens is 3. The molecule has 3 aromatic heterocycles. The monoisotopic (exact) mass is 387 g/mol. The number of carbonyl (C=O) groups is 1. The van der Waals surface area contributed by atoms with Crippen molar-refractivity contribution in [3.63, 3.8) is 0 Å². The van der Waals surface area contributed by atoms with E-state index in [0.717, 1.165) is 28.0 Å². The Hall–Kier alpha value is -3.60. The van der Waals surface area contributed by atoms with Gasteiger partial charge in [-0.25, -0.2) is 5.84 Å². The van der Waals surface area contributed by atoms with E-state index in [1.54, 1.807) is 30.6 Å². The molecule has 0 saturated heterocycles. The maximum absolute atomic E-state index is 12.6. The van der Waals surface area contributed by atoms with E-state index in [0.29, 0.717) is 16.5 Å². The van der Waals surface area contributed by atoms with E-state index in [9.17, 15) is 18.0 Å². The largest absolute Gasteiger partial charge is 0.435 e. The summed E-state index contributed by atoms with van der Waals surface area (Å²) in [6.45, 7) is -0.200. The van der Waals surface area contributed by atoms with Crippen molar-refractivity contribution in [2.45, 2.75) is 12.7 Å². The quantitative estimate of drug-likeness (QED) is 0.317. The highest BCUT2D eigenvalue weighted by atomic mass is 19.4. The number of hydrogen-bond acceptors (Lipinski definition) is 6. The van der Waals surface area contributed by atoms with Crippen molar-refractivity contribution in [2.75, 3.05) is 0 Å². The van der Waals surface area contributed by atoms with Crippen LogP contribution in [-0.2, 0) is 12.7 Å². The Balaban J connectivity index is 1.58. The molecule has 142 valence electrons. The predicted octanol–water partition coefficient (Wildman–Crippen LogP) is 2.44. The first-order chi connectivity index (χ1) is 13.3. The molecule has 0 radical (unpaired) electrons. The number of aromatic amines is 1. The Labute approximate surface area is 155 Å². The van der Waals surface area contributed by atoms with Gasteiger partial charge in [0.15, 0.2) is 5.69 Å². The van der Waals surface area contributed by atoms with E-state index in [1.807, 2.05) is 0 Å². The molecule has 0 spiro atoms. The third-order valence-electron chi connectivity index (χ3n) is 4.13. The smallest absolute Gasteiger partial charge is 0.277 e. The van der Waals surface area contributed by atoms with Gasteiger partial charge in [0.2, 0.25) is 0 Å². The van der Waals surface area contributed by atoms with Crippen LogP contribution in [0, 0.1) is 0 Å². The zero-order valence-electron chi connectivity index (χ0n) is 14.1. The van der Waals surface area contributed by atoms with Gasteiger partial charge in [-0.1, -0.05) is 0 Å². The zero-order chi connectivity index (χ0) is 19.9. The summed E-state index contributed by atoms with van der Waals surface area (Å²) in [5.74, 6) is 5.27. The third-order valence-corrected chi connectivity index (χ3v) is 4.13. The van der Waals surface area contributed by atoms with Crippen molar-refractivity contribution >= 4 is 27.7 Å². The minimum Gasteiger partial charge on any atom is -0.277 e. The van der Waals surface area contributed by atoms with Crippen LogP contribution >= 0.6 is 0 Å². The van der Waals surface area contributed by atoms with Gasteiger partial charge in [0.25, 0.3) is 5.91 Å². The lowest BCUT2D eigenvalue weighted by Crippen LogP contribution is -2.37. The molecule has 8 nitrogen and oxygen atoms in total.